The van der Waals surface area contributed by atoms with E-state index in [0.29, 0.717) is 12.1 Å². The van der Waals surface area contributed by atoms with Crippen molar-refractivity contribution >= 4 is 0 Å². The fraction of sp³-hybridized carbons (Fsp3) is 0.933. The van der Waals surface area contributed by atoms with Crippen LogP contribution in [-0.2, 0) is 0 Å². The van der Waals surface area contributed by atoms with Crippen LogP contribution in [0.3, 0.4) is 0 Å². The van der Waals surface area contributed by atoms with Crippen molar-refractivity contribution < 1.29 is 0 Å². The van der Waals surface area contributed by atoms with Crippen molar-refractivity contribution in [2.75, 3.05) is 13.1 Å². The molecule has 1 rings (SSSR count). The normalized spacial score (nSPS) is 30.1. The molecule has 18 heavy (non-hydrogen) atoms. The molecule has 3 nitrogen and oxygen atoms in total. The molecule has 0 radical (unpaired) electrons. The molecule has 3 atom stereocenters. The first kappa shape index (κ1) is 15.5. The van der Waals surface area contributed by atoms with Crippen LogP contribution in [0.15, 0.2) is 0 Å². The van der Waals surface area contributed by atoms with Gasteiger partial charge in [0.05, 0.1) is 6.07 Å². The lowest BCUT2D eigenvalue weighted by Crippen LogP contribution is -2.54. The smallest absolute Gasteiger partial charge is 0.108 e. The molecule has 0 aromatic rings. The van der Waals surface area contributed by atoms with Crippen LogP contribution in [0.5, 0.6) is 0 Å². The van der Waals surface area contributed by atoms with Gasteiger partial charge in [-0.3, -0.25) is 10.2 Å². The third kappa shape index (κ3) is 3.46. The van der Waals surface area contributed by atoms with Crippen LogP contribution in [-0.4, -0.2) is 35.6 Å². The van der Waals surface area contributed by atoms with E-state index in [-0.39, 0.29) is 5.54 Å². The lowest BCUT2D eigenvalue weighted by molar-refractivity contribution is 0.0896. The molecule has 0 spiro atoms. The van der Waals surface area contributed by atoms with Crippen molar-refractivity contribution in [1.82, 2.24) is 10.2 Å². The predicted molar refractivity (Wildman–Crippen MR) is 76.4 cm³/mol. The highest BCUT2D eigenvalue weighted by Gasteiger charge is 2.38. The molecule has 0 aromatic carbocycles. The molecular formula is C15H29N3. The summed E-state index contributed by atoms with van der Waals surface area (Å²) in [5.74, 6) is 0. The van der Waals surface area contributed by atoms with Gasteiger partial charge in [0.1, 0.15) is 5.54 Å². The van der Waals surface area contributed by atoms with Gasteiger partial charge in [-0.05, 0) is 52.1 Å². The zero-order chi connectivity index (χ0) is 13.6. The quantitative estimate of drug-likeness (QED) is 0.789. The highest BCUT2D eigenvalue weighted by atomic mass is 15.2. The second kappa shape index (κ2) is 7.11. The highest BCUT2D eigenvalue weighted by molar-refractivity contribution is 5.11. The average molecular weight is 251 g/mol. The molecule has 0 aromatic heterocycles. The number of nitrogens with zero attached hydrogens (tertiary/aromatic N) is 2. The molecule has 0 heterocycles. The van der Waals surface area contributed by atoms with Crippen molar-refractivity contribution in [3.05, 3.63) is 0 Å². The van der Waals surface area contributed by atoms with Gasteiger partial charge < -0.3 is 0 Å². The van der Waals surface area contributed by atoms with Gasteiger partial charge in [-0.2, -0.15) is 5.26 Å². The van der Waals surface area contributed by atoms with Gasteiger partial charge in [0.15, 0.2) is 0 Å². The van der Waals surface area contributed by atoms with E-state index in [9.17, 15) is 5.26 Å². The molecular weight excluding hydrogens is 222 g/mol. The fourth-order valence-electron chi connectivity index (χ4n) is 3.33. The van der Waals surface area contributed by atoms with Crippen molar-refractivity contribution in [1.29, 1.82) is 5.26 Å². The number of nitrogens with one attached hydrogen (secondary N) is 1. The van der Waals surface area contributed by atoms with Crippen LogP contribution in [0.1, 0.15) is 59.8 Å². The first-order chi connectivity index (χ1) is 8.62. The second-order valence-corrected chi connectivity index (χ2v) is 5.56. The molecule has 0 amide bonds. The summed E-state index contributed by atoms with van der Waals surface area (Å²) in [6.45, 7) is 10.9. The Morgan fingerprint density at radius 2 is 2.17 bits per heavy atom. The summed E-state index contributed by atoms with van der Waals surface area (Å²) < 4.78 is 0. The van der Waals surface area contributed by atoms with Gasteiger partial charge in [-0.25, -0.2) is 0 Å². The summed E-state index contributed by atoms with van der Waals surface area (Å²) in [6.07, 6.45) is 5.58. The molecule has 0 aliphatic heterocycles. The summed E-state index contributed by atoms with van der Waals surface area (Å²) in [7, 11) is 0. The van der Waals surface area contributed by atoms with Gasteiger partial charge >= 0.3 is 0 Å². The molecule has 3 unspecified atom stereocenters. The molecule has 1 saturated carbocycles. The van der Waals surface area contributed by atoms with Gasteiger partial charge in [-0.1, -0.05) is 20.8 Å². The minimum atomic E-state index is -0.279. The van der Waals surface area contributed by atoms with Gasteiger partial charge in [-0.15, -0.1) is 0 Å². The Hall–Kier alpha value is -0.590. The topological polar surface area (TPSA) is 39.1 Å². The van der Waals surface area contributed by atoms with Gasteiger partial charge in [0.2, 0.25) is 0 Å². The number of nitriles is 1. The first-order valence-corrected chi connectivity index (χ1v) is 7.54. The largest absolute Gasteiger partial charge is 0.300 e. The maximum Gasteiger partial charge on any atom is 0.108 e. The molecule has 1 aliphatic rings. The SMILES string of the molecule is CCNC1(C#N)CCCC(N(CC)C(C)CC)C1. The Kier molecular flexibility index (Phi) is 6.11. The summed E-state index contributed by atoms with van der Waals surface area (Å²) >= 11 is 0. The van der Waals surface area contributed by atoms with E-state index < -0.39 is 0 Å². The molecule has 1 N–H and O–H groups in total. The second-order valence-electron chi connectivity index (χ2n) is 5.56. The van der Waals surface area contributed by atoms with Crippen molar-refractivity contribution in [2.45, 2.75) is 77.4 Å². The van der Waals surface area contributed by atoms with Gasteiger partial charge in [0.25, 0.3) is 0 Å². The van der Waals surface area contributed by atoms with Crippen LogP contribution in [0.25, 0.3) is 0 Å². The van der Waals surface area contributed by atoms with Crippen LogP contribution in [0.4, 0.5) is 0 Å². The lowest BCUT2D eigenvalue weighted by atomic mass is 9.79. The van der Waals surface area contributed by atoms with Crippen LogP contribution in [0.2, 0.25) is 0 Å². The average Bonchev–Trinajstić information content (AvgIpc) is 2.40. The van der Waals surface area contributed by atoms with E-state index in [0.717, 1.165) is 32.4 Å². The van der Waals surface area contributed by atoms with E-state index >= 15 is 0 Å². The molecule has 0 saturated heterocycles. The lowest BCUT2D eigenvalue weighted by Gasteiger charge is -2.43. The minimum absolute atomic E-state index is 0.279. The Bertz CT molecular complexity index is 280. The summed E-state index contributed by atoms with van der Waals surface area (Å²) in [5.41, 5.74) is -0.279. The molecule has 1 fully saturated rings. The molecule has 3 heteroatoms. The minimum Gasteiger partial charge on any atom is -0.300 e. The van der Waals surface area contributed by atoms with Crippen LogP contribution >= 0.6 is 0 Å². The molecule has 104 valence electrons. The Morgan fingerprint density at radius 3 is 2.67 bits per heavy atom. The maximum absolute atomic E-state index is 9.51. The van der Waals surface area contributed by atoms with Crippen molar-refractivity contribution in [3.8, 4) is 6.07 Å². The number of rotatable bonds is 6. The monoisotopic (exact) mass is 251 g/mol. The molecule has 1 aliphatic carbocycles. The van der Waals surface area contributed by atoms with Gasteiger partial charge in [0, 0.05) is 12.1 Å². The van der Waals surface area contributed by atoms with E-state index in [4.69, 9.17) is 0 Å². The summed E-state index contributed by atoms with van der Waals surface area (Å²) in [5, 5.41) is 12.9. The maximum atomic E-state index is 9.51. The Balaban J connectivity index is 2.75. The van der Waals surface area contributed by atoms with Crippen molar-refractivity contribution in [3.63, 3.8) is 0 Å². The van der Waals surface area contributed by atoms with E-state index in [1.807, 2.05) is 0 Å². The Morgan fingerprint density at radius 1 is 1.44 bits per heavy atom. The van der Waals surface area contributed by atoms with Crippen molar-refractivity contribution in [2.24, 2.45) is 0 Å². The third-order valence-corrected chi connectivity index (χ3v) is 4.45. The zero-order valence-corrected chi connectivity index (χ0v) is 12.5. The van der Waals surface area contributed by atoms with Crippen LogP contribution < -0.4 is 5.32 Å². The van der Waals surface area contributed by atoms with E-state index in [2.05, 4.69) is 44.0 Å². The van der Waals surface area contributed by atoms with E-state index in [1.54, 1.807) is 0 Å². The Labute approximate surface area is 113 Å². The number of hydrogen-bond donors (Lipinski definition) is 1. The fourth-order valence-corrected chi connectivity index (χ4v) is 3.33. The summed E-state index contributed by atoms with van der Waals surface area (Å²) in [4.78, 5) is 2.59. The summed E-state index contributed by atoms with van der Waals surface area (Å²) in [6, 6.07) is 3.73. The zero-order valence-electron chi connectivity index (χ0n) is 12.5. The standard InChI is InChI=1S/C15H29N3/c1-5-13(4)18(7-3)14-9-8-10-15(11-14,12-16)17-6-2/h13-14,17H,5-11H2,1-4H3. The van der Waals surface area contributed by atoms with E-state index in [1.165, 1.54) is 12.8 Å². The predicted octanol–water partition coefficient (Wildman–Crippen LogP) is 2.92. The number of hydrogen-bond acceptors (Lipinski definition) is 3. The highest BCUT2D eigenvalue weighted by Crippen LogP contribution is 2.32. The van der Waals surface area contributed by atoms with Crippen LogP contribution in [0, 0.1) is 11.3 Å². The first-order valence-electron chi connectivity index (χ1n) is 7.54. The third-order valence-electron chi connectivity index (χ3n) is 4.45. The molecule has 0 bridgehead atoms.